The molecule has 2 heterocycles. The predicted molar refractivity (Wildman–Crippen MR) is 160 cm³/mol. The van der Waals surface area contributed by atoms with Crippen LogP contribution in [0.1, 0.15) is 89.4 Å². The van der Waals surface area contributed by atoms with Crippen molar-refractivity contribution in [1.82, 2.24) is 15.2 Å². The van der Waals surface area contributed by atoms with Gasteiger partial charge >= 0.3 is 0 Å². The van der Waals surface area contributed by atoms with Crippen molar-refractivity contribution in [2.45, 2.75) is 77.7 Å². The Morgan fingerprint density at radius 3 is 2.52 bits per heavy atom. The van der Waals surface area contributed by atoms with Crippen LogP contribution in [-0.4, -0.2) is 54.4 Å². The Morgan fingerprint density at radius 2 is 1.77 bits per heavy atom. The molecule has 6 nitrogen and oxygen atoms in total. The molecule has 1 amide bonds. The van der Waals surface area contributed by atoms with Crippen LogP contribution in [0.15, 0.2) is 42.5 Å². The number of methoxy groups -OCH3 is 1. The zero-order valence-electron chi connectivity index (χ0n) is 24.3. The van der Waals surface area contributed by atoms with Gasteiger partial charge in [-0.1, -0.05) is 25.1 Å². The molecule has 5 rings (SSSR count). The van der Waals surface area contributed by atoms with Crippen LogP contribution in [0.5, 0.6) is 5.75 Å². The van der Waals surface area contributed by atoms with Gasteiger partial charge in [-0.15, -0.1) is 0 Å². The van der Waals surface area contributed by atoms with Crippen LogP contribution in [0, 0.1) is 12.8 Å². The van der Waals surface area contributed by atoms with E-state index in [2.05, 4.69) is 34.3 Å². The van der Waals surface area contributed by atoms with E-state index in [1.165, 1.54) is 17.5 Å². The average Bonchev–Trinajstić information content (AvgIpc) is 3.18. The van der Waals surface area contributed by atoms with Gasteiger partial charge in [0.05, 0.1) is 7.11 Å². The van der Waals surface area contributed by atoms with Crippen LogP contribution in [0.4, 0.5) is 0 Å². The largest absolute Gasteiger partial charge is 0.494 e. The maximum atomic E-state index is 13.2. The summed E-state index contributed by atoms with van der Waals surface area (Å²) in [6, 6.07) is 14.2. The highest BCUT2D eigenvalue weighted by Crippen LogP contribution is 2.30. The van der Waals surface area contributed by atoms with E-state index in [4.69, 9.17) is 4.74 Å². The Hall–Kier alpha value is -3.25. The lowest BCUT2D eigenvalue weighted by molar-refractivity contribution is 0.0920. The van der Waals surface area contributed by atoms with Crippen molar-refractivity contribution in [3.63, 3.8) is 0 Å². The summed E-state index contributed by atoms with van der Waals surface area (Å²) >= 11 is 0. The van der Waals surface area contributed by atoms with Crippen molar-refractivity contribution in [2.75, 3.05) is 26.7 Å². The third kappa shape index (κ3) is 6.55. The third-order valence-electron chi connectivity index (χ3n) is 8.86. The molecule has 2 aromatic carbocycles. The number of hydrogen-bond donors (Lipinski definition) is 1. The van der Waals surface area contributed by atoms with Crippen molar-refractivity contribution < 1.29 is 14.3 Å². The number of rotatable bonds is 9. The fourth-order valence-electron chi connectivity index (χ4n) is 6.42. The van der Waals surface area contributed by atoms with Crippen LogP contribution in [0.25, 0.3) is 10.9 Å². The molecule has 1 N–H and O–H groups in total. The number of carbonyl (C=O) groups excluding carboxylic acids is 2. The maximum Gasteiger partial charge on any atom is 0.252 e. The first-order valence-corrected chi connectivity index (χ1v) is 15.1. The van der Waals surface area contributed by atoms with Crippen LogP contribution < -0.4 is 10.1 Å². The second-order valence-electron chi connectivity index (χ2n) is 11.6. The number of aryl methyl sites for hydroxylation is 1. The van der Waals surface area contributed by atoms with Gasteiger partial charge in [0.25, 0.3) is 5.91 Å². The van der Waals surface area contributed by atoms with Crippen molar-refractivity contribution in [2.24, 2.45) is 5.92 Å². The Labute approximate surface area is 238 Å². The van der Waals surface area contributed by atoms with Crippen molar-refractivity contribution in [3.8, 4) is 5.75 Å². The predicted octanol–water partition coefficient (Wildman–Crippen LogP) is 6.31. The summed E-state index contributed by atoms with van der Waals surface area (Å²) in [5, 5.41) is 4.14. The van der Waals surface area contributed by atoms with E-state index in [0.29, 0.717) is 23.7 Å². The van der Waals surface area contributed by atoms with E-state index in [1.807, 2.05) is 37.3 Å². The molecule has 1 aromatic heterocycles. The summed E-state index contributed by atoms with van der Waals surface area (Å²) in [5.41, 5.74) is 5.94. The first-order chi connectivity index (χ1) is 19.4. The minimum absolute atomic E-state index is 0.0227. The number of fused-ring (bicyclic) bond motifs is 2. The molecule has 1 fully saturated rings. The number of amides is 1. The van der Waals surface area contributed by atoms with Crippen LogP contribution >= 0.6 is 0 Å². The van der Waals surface area contributed by atoms with Crippen molar-refractivity contribution in [1.29, 1.82) is 0 Å². The number of ketones is 1. The minimum atomic E-state index is -0.0227. The van der Waals surface area contributed by atoms with E-state index in [1.54, 1.807) is 7.11 Å². The Balaban J connectivity index is 1.09. The Bertz CT molecular complexity index is 1360. The van der Waals surface area contributed by atoms with E-state index >= 15 is 0 Å². The fraction of sp³-hybridized carbons (Fsp3) is 0.500. The SMILES string of the molecule is CCCC(=O)c1ccc2c(c1)CCN(CC[C@H]1CC[C@H](NC(=O)c3ccc(OC)c4nc(C)ccc34)CC1)CC2. The molecule has 212 valence electrons. The van der Waals surface area contributed by atoms with Crippen LogP contribution in [0.3, 0.4) is 0 Å². The van der Waals surface area contributed by atoms with Gasteiger partial charge < -0.3 is 15.0 Å². The summed E-state index contributed by atoms with van der Waals surface area (Å²) in [6.07, 6.45) is 9.21. The Morgan fingerprint density at radius 1 is 1.00 bits per heavy atom. The van der Waals surface area contributed by atoms with Gasteiger partial charge in [0.15, 0.2) is 5.78 Å². The number of nitrogens with zero attached hydrogens (tertiary/aromatic N) is 2. The molecule has 0 atom stereocenters. The van der Waals surface area contributed by atoms with Crippen molar-refractivity contribution >= 4 is 22.6 Å². The van der Waals surface area contributed by atoms with Crippen molar-refractivity contribution in [3.05, 3.63) is 70.4 Å². The lowest BCUT2D eigenvalue weighted by Crippen LogP contribution is -2.38. The summed E-state index contributed by atoms with van der Waals surface area (Å²) in [5.74, 6) is 1.65. The standard InChI is InChI=1S/C34H43N3O3/c1-4-5-31(38)27-10-9-25-17-20-37(21-18-26(25)22-27)19-16-24-7-11-28(12-8-24)36-34(39)30-14-15-32(40-3)33-29(30)13-6-23(2)35-33/h6,9-10,13-15,22,24,28H,4-5,7-8,11-12,16-21H2,1-3H3,(H,36,39)/t24-,28-. The number of benzene rings is 2. The van der Waals surface area contributed by atoms with Crippen LogP contribution in [0.2, 0.25) is 0 Å². The highest BCUT2D eigenvalue weighted by Gasteiger charge is 2.25. The molecule has 0 radical (unpaired) electrons. The molecule has 0 unspecified atom stereocenters. The number of carbonyl (C=O) groups is 2. The van der Waals surface area contributed by atoms with Gasteiger partial charge in [0.1, 0.15) is 11.3 Å². The zero-order chi connectivity index (χ0) is 28.1. The molecule has 1 aliphatic heterocycles. The lowest BCUT2D eigenvalue weighted by Gasteiger charge is -2.31. The van der Waals surface area contributed by atoms with Gasteiger partial charge in [-0.2, -0.15) is 0 Å². The zero-order valence-corrected chi connectivity index (χ0v) is 24.3. The summed E-state index contributed by atoms with van der Waals surface area (Å²) < 4.78 is 5.48. The van der Waals surface area contributed by atoms with Crippen LogP contribution in [-0.2, 0) is 12.8 Å². The topological polar surface area (TPSA) is 71.5 Å². The second-order valence-corrected chi connectivity index (χ2v) is 11.6. The van der Waals surface area contributed by atoms with Gasteiger partial charge in [0, 0.05) is 47.8 Å². The molecule has 1 aliphatic carbocycles. The minimum Gasteiger partial charge on any atom is -0.494 e. The molecular formula is C34H43N3O3. The fourth-order valence-corrected chi connectivity index (χ4v) is 6.42. The monoisotopic (exact) mass is 541 g/mol. The summed E-state index contributed by atoms with van der Waals surface area (Å²) in [4.78, 5) is 32.8. The molecule has 0 saturated heterocycles. The first kappa shape index (κ1) is 28.3. The third-order valence-corrected chi connectivity index (χ3v) is 8.86. The van der Waals surface area contributed by atoms with Gasteiger partial charge in [0.2, 0.25) is 0 Å². The van der Waals surface area contributed by atoms with E-state index < -0.39 is 0 Å². The number of hydrogen-bond acceptors (Lipinski definition) is 5. The molecule has 2 aliphatic rings. The van der Waals surface area contributed by atoms with E-state index in [0.717, 1.165) is 86.7 Å². The first-order valence-electron chi connectivity index (χ1n) is 15.1. The lowest BCUT2D eigenvalue weighted by atomic mass is 9.84. The molecule has 0 bridgehead atoms. The smallest absolute Gasteiger partial charge is 0.252 e. The maximum absolute atomic E-state index is 13.2. The van der Waals surface area contributed by atoms with Gasteiger partial charge in [-0.3, -0.25) is 9.59 Å². The number of ether oxygens (including phenoxy) is 1. The second kappa shape index (κ2) is 12.9. The molecule has 3 aromatic rings. The highest BCUT2D eigenvalue weighted by molar-refractivity contribution is 6.07. The highest BCUT2D eigenvalue weighted by atomic mass is 16.5. The number of pyridine rings is 1. The number of aromatic nitrogens is 1. The number of nitrogens with one attached hydrogen (secondary N) is 1. The number of Topliss-reactive ketones (excluding diaryl/α,β-unsaturated/α-hetero) is 1. The van der Waals surface area contributed by atoms with Gasteiger partial charge in [-0.25, -0.2) is 4.98 Å². The molecule has 0 spiro atoms. The molecule has 40 heavy (non-hydrogen) atoms. The quantitative estimate of drug-likeness (QED) is 0.321. The molecule has 1 saturated carbocycles. The summed E-state index contributed by atoms with van der Waals surface area (Å²) in [7, 11) is 1.63. The average molecular weight is 542 g/mol. The Kier molecular flexibility index (Phi) is 9.15. The summed E-state index contributed by atoms with van der Waals surface area (Å²) in [6.45, 7) is 7.29. The normalized spacial score (nSPS) is 19.6. The van der Waals surface area contributed by atoms with E-state index in [9.17, 15) is 9.59 Å². The molecular weight excluding hydrogens is 498 g/mol. The van der Waals surface area contributed by atoms with E-state index in [-0.39, 0.29) is 17.7 Å². The van der Waals surface area contributed by atoms with Gasteiger partial charge in [-0.05, 0) is 106 Å². The molecule has 6 heteroatoms.